The van der Waals surface area contributed by atoms with Crippen molar-refractivity contribution in [1.29, 1.82) is 0 Å². The van der Waals surface area contributed by atoms with Crippen LogP contribution >= 0.6 is 0 Å². The summed E-state index contributed by atoms with van der Waals surface area (Å²) in [5, 5.41) is 3.88. The van der Waals surface area contributed by atoms with E-state index >= 15 is 0 Å². The summed E-state index contributed by atoms with van der Waals surface area (Å²) in [6, 6.07) is 12.5. The van der Waals surface area contributed by atoms with Crippen LogP contribution in [0.4, 0.5) is 13.2 Å². The quantitative estimate of drug-likeness (QED) is 0.621. The summed E-state index contributed by atoms with van der Waals surface area (Å²) in [6.45, 7) is 0. The maximum atomic E-state index is 12.2. The lowest BCUT2D eigenvalue weighted by atomic mass is 10.1. The van der Waals surface area contributed by atoms with E-state index in [1.54, 1.807) is 30.5 Å². The highest BCUT2D eigenvalue weighted by atomic mass is 19.4. The van der Waals surface area contributed by atoms with Gasteiger partial charge >= 0.3 is 6.36 Å². The molecule has 0 saturated heterocycles. The van der Waals surface area contributed by atoms with Gasteiger partial charge in [0.2, 0.25) is 5.90 Å². The Bertz CT molecular complexity index is 952. The molecular weight excluding hydrogens is 377 g/mol. The van der Waals surface area contributed by atoms with Gasteiger partial charge in [-0.2, -0.15) is 0 Å². The van der Waals surface area contributed by atoms with E-state index in [4.69, 9.17) is 14.0 Å². The third-order valence-electron chi connectivity index (χ3n) is 3.87. The maximum absolute atomic E-state index is 12.2. The highest BCUT2D eigenvalue weighted by molar-refractivity contribution is 5.79. The van der Waals surface area contributed by atoms with Gasteiger partial charge < -0.3 is 18.7 Å². The number of ether oxygens (including phenoxy) is 2. The van der Waals surface area contributed by atoms with Crippen LogP contribution in [0, 0.1) is 0 Å². The summed E-state index contributed by atoms with van der Waals surface area (Å²) < 4.78 is 51.4. The zero-order chi connectivity index (χ0) is 19.6. The number of rotatable bonds is 4. The van der Waals surface area contributed by atoms with Crippen LogP contribution in [-0.4, -0.2) is 17.2 Å². The molecule has 0 spiro atoms. The summed E-state index contributed by atoms with van der Waals surface area (Å²) >= 11 is 0. The predicted molar refractivity (Wildman–Crippen MR) is 91.6 cm³/mol. The zero-order valence-electron chi connectivity index (χ0n) is 14.2. The van der Waals surface area contributed by atoms with Gasteiger partial charge in [0.25, 0.3) is 0 Å². The normalized spacial score (nSPS) is 16.4. The van der Waals surface area contributed by atoms with Gasteiger partial charge in [-0.05, 0) is 42.0 Å². The minimum atomic E-state index is -4.73. The average molecular weight is 390 g/mol. The van der Waals surface area contributed by atoms with E-state index in [0.29, 0.717) is 35.1 Å². The number of nitrogens with zero attached hydrogens (tertiary/aromatic N) is 2. The molecule has 144 valence electrons. The molecule has 0 saturated carbocycles. The van der Waals surface area contributed by atoms with Crippen molar-refractivity contribution in [2.45, 2.75) is 18.9 Å². The maximum Gasteiger partial charge on any atom is 0.573 e. The number of oxime groups is 1. The van der Waals surface area contributed by atoms with E-state index in [-0.39, 0.29) is 5.75 Å². The van der Waals surface area contributed by atoms with Crippen molar-refractivity contribution in [3.63, 3.8) is 0 Å². The molecule has 2 aromatic heterocycles. The molecular formula is C19H13F3N2O4. The molecule has 6 nitrogen and oxygen atoms in total. The van der Waals surface area contributed by atoms with Crippen molar-refractivity contribution in [3.05, 3.63) is 66.6 Å². The van der Waals surface area contributed by atoms with Crippen LogP contribution in [0.3, 0.4) is 0 Å². The Morgan fingerprint density at radius 2 is 1.79 bits per heavy atom. The lowest BCUT2D eigenvalue weighted by Crippen LogP contribution is -2.17. The molecule has 9 heteroatoms. The number of alkyl halides is 3. The van der Waals surface area contributed by atoms with E-state index in [9.17, 15) is 13.2 Å². The fourth-order valence-corrected chi connectivity index (χ4v) is 2.63. The van der Waals surface area contributed by atoms with Gasteiger partial charge in [-0.1, -0.05) is 17.3 Å². The number of pyridine rings is 1. The van der Waals surface area contributed by atoms with Crippen molar-refractivity contribution < 1.29 is 31.9 Å². The molecule has 0 fully saturated rings. The van der Waals surface area contributed by atoms with Gasteiger partial charge in [0, 0.05) is 0 Å². The molecule has 0 N–H and O–H groups in total. The van der Waals surface area contributed by atoms with Crippen LogP contribution < -0.4 is 9.47 Å². The van der Waals surface area contributed by atoms with E-state index < -0.39 is 12.5 Å². The van der Waals surface area contributed by atoms with Gasteiger partial charge in [-0.3, -0.25) is 0 Å². The van der Waals surface area contributed by atoms with Crippen molar-refractivity contribution >= 4 is 5.90 Å². The molecule has 4 rings (SSSR count). The zero-order valence-corrected chi connectivity index (χ0v) is 14.2. The molecule has 1 atom stereocenters. The molecule has 1 aliphatic rings. The van der Waals surface area contributed by atoms with Crippen molar-refractivity contribution in [1.82, 2.24) is 4.98 Å². The number of halogens is 3. The third-order valence-corrected chi connectivity index (χ3v) is 3.87. The van der Waals surface area contributed by atoms with Gasteiger partial charge in [-0.25, -0.2) is 4.98 Å². The van der Waals surface area contributed by atoms with Crippen LogP contribution in [0.1, 0.15) is 18.1 Å². The molecule has 1 aliphatic heterocycles. The molecule has 0 unspecified atom stereocenters. The Morgan fingerprint density at radius 1 is 1.00 bits per heavy atom. The smallest absolute Gasteiger partial charge is 0.463 e. The van der Waals surface area contributed by atoms with Gasteiger partial charge in [0.05, 0.1) is 18.9 Å². The van der Waals surface area contributed by atoms with E-state index in [2.05, 4.69) is 14.9 Å². The van der Waals surface area contributed by atoms with Crippen LogP contribution in [0.2, 0.25) is 0 Å². The molecule has 1 aromatic carbocycles. The van der Waals surface area contributed by atoms with E-state index in [0.717, 1.165) is 0 Å². The Morgan fingerprint density at radius 3 is 2.43 bits per heavy atom. The Balaban J connectivity index is 1.35. The summed E-state index contributed by atoms with van der Waals surface area (Å²) in [7, 11) is 0. The molecule has 3 heterocycles. The summed E-state index contributed by atoms with van der Waals surface area (Å²) in [5.74, 6) is 1.17. The van der Waals surface area contributed by atoms with E-state index in [1.807, 2.05) is 0 Å². The lowest BCUT2D eigenvalue weighted by Gasteiger charge is -2.11. The minimum Gasteiger partial charge on any atom is -0.463 e. The van der Waals surface area contributed by atoms with Crippen molar-refractivity contribution in [3.8, 4) is 23.0 Å². The average Bonchev–Trinajstić information content (AvgIpc) is 3.34. The first kappa shape index (κ1) is 17.9. The predicted octanol–water partition coefficient (Wildman–Crippen LogP) is 5.09. The number of hydrogen-bond acceptors (Lipinski definition) is 6. The summed E-state index contributed by atoms with van der Waals surface area (Å²) in [4.78, 5) is 9.57. The van der Waals surface area contributed by atoms with Crippen LogP contribution in [0.5, 0.6) is 11.5 Å². The number of aromatic nitrogens is 1. The van der Waals surface area contributed by atoms with Crippen LogP contribution in [0.15, 0.2) is 70.6 Å². The Labute approximate surface area is 157 Å². The number of furan rings is 1. The fraction of sp³-hybridized carbons (Fsp3) is 0.158. The standard InChI is InChI=1S/C19H13F3N2O4/c20-19(21,22)27-13-5-3-12(4-6-13)17-10-18(24-28-17)26-14-7-8-15(23-11-14)16-2-1-9-25-16/h1-9,11,17H,10H2/t17-/m0/s1. The number of hydrogen-bond donors (Lipinski definition) is 0. The van der Waals surface area contributed by atoms with Crippen molar-refractivity contribution in [2.75, 3.05) is 0 Å². The molecule has 0 amide bonds. The third kappa shape index (κ3) is 4.25. The minimum absolute atomic E-state index is 0.297. The topological polar surface area (TPSA) is 66.1 Å². The molecule has 0 bridgehead atoms. The number of benzene rings is 1. The first-order chi connectivity index (χ1) is 13.5. The summed E-state index contributed by atoms with van der Waals surface area (Å²) in [5.41, 5.74) is 1.32. The molecule has 3 aromatic rings. The monoisotopic (exact) mass is 390 g/mol. The SMILES string of the molecule is FC(F)(F)Oc1ccc([C@@H]2CC(Oc3ccc(-c4ccco4)nc3)=NO2)cc1. The second kappa shape index (κ2) is 7.26. The first-order valence-electron chi connectivity index (χ1n) is 8.22. The Kier molecular flexibility index (Phi) is 4.64. The van der Waals surface area contributed by atoms with Crippen LogP contribution in [0.25, 0.3) is 11.5 Å². The lowest BCUT2D eigenvalue weighted by molar-refractivity contribution is -0.274. The second-order valence-corrected chi connectivity index (χ2v) is 5.86. The van der Waals surface area contributed by atoms with Gasteiger partial charge in [0.15, 0.2) is 11.9 Å². The highest BCUT2D eigenvalue weighted by Gasteiger charge is 2.31. The van der Waals surface area contributed by atoms with Crippen LogP contribution in [-0.2, 0) is 4.84 Å². The molecule has 28 heavy (non-hydrogen) atoms. The Hall–Kier alpha value is -3.49. The second-order valence-electron chi connectivity index (χ2n) is 5.86. The fourth-order valence-electron chi connectivity index (χ4n) is 2.63. The highest BCUT2D eigenvalue weighted by Crippen LogP contribution is 2.31. The largest absolute Gasteiger partial charge is 0.573 e. The van der Waals surface area contributed by atoms with Crippen molar-refractivity contribution in [2.24, 2.45) is 5.16 Å². The molecule has 0 radical (unpaired) electrons. The first-order valence-corrected chi connectivity index (χ1v) is 8.22. The van der Waals surface area contributed by atoms with Gasteiger partial charge in [-0.15, -0.1) is 13.2 Å². The summed E-state index contributed by atoms with van der Waals surface area (Å²) in [6.07, 6.45) is -1.74. The van der Waals surface area contributed by atoms with Gasteiger partial charge in [0.1, 0.15) is 17.2 Å². The molecule has 0 aliphatic carbocycles. The van der Waals surface area contributed by atoms with E-state index in [1.165, 1.54) is 30.5 Å².